The third-order valence-electron chi connectivity index (χ3n) is 12.7. The summed E-state index contributed by atoms with van der Waals surface area (Å²) in [6, 6.07) is 15.4. The number of aryl methyl sites for hydroxylation is 1. The Morgan fingerprint density at radius 1 is 0.959 bits per heavy atom. The fourth-order valence-corrected chi connectivity index (χ4v) is 9.34. The van der Waals surface area contributed by atoms with Gasteiger partial charge in [-0.3, -0.25) is 4.79 Å². The Kier molecular flexibility index (Phi) is 8.45. The maximum atomic E-state index is 14.2. The van der Waals surface area contributed by atoms with Gasteiger partial charge in [-0.1, -0.05) is 24.3 Å². The topological polar surface area (TPSA) is 106 Å². The number of aromatic nitrogens is 2. The summed E-state index contributed by atoms with van der Waals surface area (Å²) in [7, 11) is 1.74. The smallest absolute Gasteiger partial charge is 0.410 e. The number of hydrogen-bond donors (Lipinski definition) is 2. The lowest BCUT2D eigenvalue weighted by Crippen LogP contribution is -2.54. The Labute approximate surface area is 289 Å². The van der Waals surface area contributed by atoms with Crippen molar-refractivity contribution < 1.29 is 24.2 Å². The first kappa shape index (κ1) is 32.4. The van der Waals surface area contributed by atoms with E-state index in [4.69, 9.17) is 14.5 Å². The molecule has 2 amide bonds. The molecule has 1 aromatic heterocycles. The number of methoxy groups -OCH3 is 1. The van der Waals surface area contributed by atoms with E-state index in [-0.39, 0.29) is 40.9 Å². The van der Waals surface area contributed by atoms with Crippen LogP contribution in [-0.2, 0) is 14.9 Å². The van der Waals surface area contributed by atoms with Crippen molar-refractivity contribution in [1.82, 2.24) is 19.8 Å². The second-order valence-corrected chi connectivity index (χ2v) is 15.8. The number of aliphatic hydroxyl groups is 1. The van der Waals surface area contributed by atoms with E-state index < -0.39 is 6.10 Å². The van der Waals surface area contributed by atoms with Crippen LogP contribution in [0.15, 0.2) is 55.0 Å². The number of carbonyl (C=O) groups excluding carboxylic acids is 2. The lowest BCUT2D eigenvalue weighted by atomic mass is 9.49. The highest BCUT2D eigenvalue weighted by Crippen LogP contribution is 2.62. The quantitative estimate of drug-likeness (QED) is 0.258. The number of nitrogens with one attached hydrogen (secondary N) is 1. The molecule has 9 rings (SSSR count). The van der Waals surface area contributed by atoms with Gasteiger partial charge in [0.1, 0.15) is 11.9 Å². The second kappa shape index (κ2) is 12.8. The average Bonchev–Trinajstić information content (AvgIpc) is 3.85. The van der Waals surface area contributed by atoms with E-state index in [0.29, 0.717) is 44.7 Å². The van der Waals surface area contributed by atoms with Crippen molar-refractivity contribution in [3.8, 4) is 11.4 Å². The van der Waals surface area contributed by atoms with E-state index in [1.165, 1.54) is 40.1 Å². The average molecular weight is 667 g/mol. The zero-order valence-electron chi connectivity index (χ0n) is 28.9. The molecule has 9 nitrogen and oxygen atoms in total. The molecule has 1 unspecified atom stereocenters. The minimum absolute atomic E-state index is 0.0137. The molecular formula is C40H50N4O5. The van der Waals surface area contributed by atoms with Crippen LogP contribution in [0.25, 0.3) is 5.69 Å². The number of hydrogen-bond acceptors (Lipinski definition) is 6. The minimum Gasteiger partial charge on any atom is -0.496 e. The van der Waals surface area contributed by atoms with Crippen molar-refractivity contribution in [2.24, 2.45) is 11.3 Å². The summed E-state index contributed by atoms with van der Waals surface area (Å²) in [5, 5.41) is 13.2. The number of imidazole rings is 1. The number of benzene rings is 2. The monoisotopic (exact) mass is 666 g/mol. The molecule has 0 radical (unpaired) electrons. The number of carbonyl (C=O) groups is 2. The molecule has 1 aliphatic heterocycles. The lowest BCUT2D eigenvalue weighted by Gasteiger charge is -2.57. The lowest BCUT2D eigenvalue weighted by molar-refractivity contribution is -0.129. The van der Waals surface area contributed by atoms with Crippen LogP contribution in [0.5, 0.6) is 5.75 Å². The molecule has 9 heteroatoms. The predicted octanol–water partition coefficient (Wildman–Crippen LogP) is 6.89. The van der Waals surface area contributed by atoms with E-state index >= 15 is 0 Å². The zero-order valence-corrected chi connectivity index (χ0v) is 28.9. The standard InChI is InChI=1S/C40H50N4O5/c1-26-20-30(10-13-35(26)48-2)39-14-17-40(18-15-39,19-16-39)36(29-4-3-5-31(21-29)44-24-34(41-25-44)27-6-7-27)42-37(46)28-8-11-33(12-9-28)49-38(47)43-22-32(45)23-43/h3-5,10,13,20-21,24-25,27-28,32-33,36,45H,6-9,11-12,14-19,22-23H2,1-2H3,(H,42,46). The van der Waals surface area contributed by atoms with Gasteiger partial charge in [-0.15, -0.1) is 0 Å². The molecule has 3 aromatic rings. The predicted molar refractivity (Wildman–Crippen MR) is 186 cm³/mol. The van der Waals surface area contributed by atoms with Crippen LogP contribution in [0.3, 0.4) is 0 Å². The van der Waals surface area contributed by atoms with Gasteiger partial charge in [0.2, 0.25) is 5.91 Å². The van der Waals surface area contributed by atoms with Gasteiger partial charge in [-0.25, -0.2) is 9.78 Å². The second-order valence-electron chi connectivity index (χ2n) is 15.8. The molecule has 2 N–H and O–H groups in total. The molecule has 0 spiro atoms. The van der Waals surface area contributed by atoms with Crippen molar-refractivity contribution in [2.75, 3.05) is 20.2 Å². The molecule has 5 saturated carbocycles. The van der Waals surface area contributed by atoms with E-state index in [9.17, 15) is 14.7 Å². The highest BCUT2D eigenvalue weighted by molar-refractivity contribution is 5.79. The largest absolute Gasteiger partial charge is 0.496 e. The number of likely N-dealkylation sites (tertiary alicyclic amines) is 1. The normalized spacial score (nSPS) is 28.8. The Hall–Kier alpha value is -3.85. The van der Waals surface area contributed by atoms with E-state index in [1.54, 1.807) is 7.11 Å². The maximum Gasteiger partial charge on any atom is 0.410 e. The maximum absolute atomic E-state index is 14.2. The van der Waals surface area contributed by atoms with Crippen LogP contribution in [-0.4, -0.2) is 64.0 Å². The number of aliphatic hydroxyl groups excluding tert-OH is 1. The third-order valence-corrected chi connectivity index (χ3v) is 12.7. The van der Waals surface area contributed by atoms with Gasteiger partial charge < -0.3 is 29.4 Å². The van der Waals surface area contributed by atoms with Gasteiger partial charge in [0.05, 0.1) is 44.4 Å². The van der Waals surface area contributed by atoms with Crippen molar-refractivity contribution in [3.63, 3.8) is 0 Å². The highest BCUT2D eigenvalue weighted by atomic mass is 16.6. The van der Waals surface area contributed by atoms with Crippen LogP contribution < -0.4 is 10.1 Å². The number of rotatable bonds is 9. The van der Waals surface area contributed by atoms with Crippen molar-refractivity contribution in [3.05, 3.63) is 77.4 Å². The van der Waals surface area contributed by atoms with E-state index in [2.05, 4.69) is 65.5 Å². The van der Waals surface area contributed by atoms with Gasteiger partial charge in [0, 0.05) is 23.7 Å². The summed E-state index contributed by atoms with van der Waals surface area (Å²) in [5.74, 6) is 1.55. The van der Waals surface area contributed by atoms with E-state index in [1.807, 2.05) is 6.33 Å². The van der Waals surface area contributed by atoms with Crippen LogP contribution in [0, 0.1) is 18.3 Å². The van der Waals surface area contributed by atoms with Crippen LogP contribution in [0.2, 0.25) is 0 Å². The first-order valence-corrected chi connectivity index (χ1v) is 18.5. The van der Waals surface area contributed by atoms with Gasteiger partial charge in [0.25, 0.3) is 0 Å². The fraction of sp³-hybridized carbons (Fsp3) is 0.575. The Morgan fingerprint density at radius 2 is 1.69 bits per heavy atom. The van der Waals surface area contributed by atoms with Crippen LogP contribution >= 0.6 is 0 Å². The van der Waals surface area contributed by atoms with Gasteiger partial charge in [-0.05, 0) is 130 Å². The van der Waals surface area contributed by atoms with Gasteiger partial charge in [-0.2, -0.15) is 0 Å². The number of nitrogens with zero attached hydrogens (tertiary/aromatic N) is 3. The minimum atomic E-state index is -0.448. The molecular weight excluding hydrogens is 616 g/mol. The van der Waals surface area contributed by atoms with Crippen molar-refractivity contribution >= 4 is 12.0 Å². The molecule has 5 aliphatic carbocycles. The Balaban J connectivity index is 1.01. The molecule has 1 atom stereocenters. The van der Waals surface area contributed by atoms with Crippen molar-refractivity contribution in [2.45, 2.75) is 114 Å². The first-order chi connectivity index (χ1) is 23.7. The fourth-order valence-electron chi connectivity index (χ4n) is 9.34. The summed E-state index contributed by atoms with van der Waals surface area (Å²) in [6.07, 6.45) is 14.9. The summed E-state index contributed by atoms with van der Waals surface area (Å²) in [4.78, 5) is 32.8. The highest BCUT2D eigenvalue weighted by Gasteiger charge is 2.53. The molecule has 260 valence electrons. The molecule has 2 aromatic carbocycles. The SMILES string of the molecule is COc1ccc(C23CCC(C(NC(=O)C4CCC(OC(=O)N5CC(O)C5)CC4)c4cccc(-n5cnc(C6CC6)c5)c4)(CC2)CC3)cc1C. The zero-order chi connectivity index (χ0) is 33.8. The molecule has 6 fully saturated rings. The first-order valence-electron chi connectivity index (χ1n) is 18.5. The molecule has 1 saturated heterocycles. The number of ether oxygens (including phenoxy) is 2. The summed E-state index contributed by atoms with van der Waals surface area (Å²) < 4.78 is 13.4. The van der Waals surface area contributed by atoms with Crippen LogP contribution in [0.1, 0.15) is 111 Å². The molecule has 49 heavy (non-hydrogen) atoms. The summed E-state index contributed by atoms with van der Waals surface area (Å²) in [6.45, 7) is 2.81. The van der Waals surface area contributed by atoms with Crippen LogP contribution in [0.4, 0.5) is 4.79 Å². The molecule has 6 aliphatic rings. The molecule has 2 bridgehead atoms. The summed E-state index contributed by atoms with van der Waals surface area (Å²) >= 11 is 0. The number of β-amino-alcohol motifs (C(OH)–C–C–N with tert-alkyl or cyclic N) is 1. The van der Waals surface area contributed by atoms with Gasteiger partial charge in [0.15, 0.2) is 0 Å². The number of fused-ring (bicyclic) bond motifs is 3. The Morgan fingerprint density at radius 3 is 2.35 bits per heavy atom. The van der Waals surface area contributed by atoms with Crippen molar-refractivity contribution in [1.29, 1.82) is 0 Å². The summed E-state index contributed by atoms with van der Waals surface area (Å²) in [5.41, 5.74) is 6.20. The Bertz CT molecular complexity index is 1680. The number of amides is 2. The third kappa shape index (κ3) is 6.24. The van der Waals surface area contributed by atoms with E-state index in [0.717, 1.165) is 50.0 Å². The van der Waals surface area contributed by atoms with Gasteiger partial charge >= 0.3 is 6.09 Å². The molecule has 2 heterocycles.